The van der Waals surface area contributed by atoms with Crippen molar-refractivity contribution < 1.29 is 22.7 Å². The van der Waals surface area contributed by atoms with E-state index in [1.807, 2.05) is 19.1 Å². The van der Waals surface area contributed by atoms with E-state index >= 15 is 0 Å². The van der Waals surface area contributed by atoms with Gasteiger partial charge in [0.05, 0.1) is 12.7 Å². The lowest BCUT2D eigenvalue weighted by atomic mass is 9.97. The lowest BCUT2D eigenvalue weighted by Crippen LogP contribution is -2.35. The molecule has 0 aromatic heterocycles. The molecule has 0 saturated carbocycles. The highest BCUT2D eigenvalue weighted by Crippen LogP contribution is 2.40. The molecular formula is C23H28N2O5S. The summed E-state index contributed by atoms with van der Waals surface area (Å²) in [5, 5.41) is 2.83. The average molecular weight is 445 g/mol. The second-order valence-electron chi connectivity index (χ2n) is 8.12. The Labute approximate surface area is 183 Å². The molecule has 2 heterocycles. The van der Waals surface area contributed by atoms with Crippen molar-refractivity contribution in [3.8, 4) is 11.5 Å². The molecule has 0 aliphatic carbocycles. The van der Waals surface area contributed by atoms with Gasteiger partial charge in [0.15, 0.2) is 0 Å². The molecule has 31 heavy (non-hydrogen) atoms. The molecule has 2 atom stereocenters. The molecule has 2 aliphatic rings. The second kappa shape index (κ2) is 8.51. The monoisotopic (exact) mass is 444 g/mol. The van der Waals surface area contributed by atoms with Crippen LogP contribution in [-0.2, 0) is 10.0 Å². The van der Waals surface area contributed by atoms with Crippen LogP contribution in [0.25, 0.3) is 0 Å². The van der Waals surface area contributed by atoms with Crippen LogP contribution in [0.1, 0.15) is 54.9 Å². The minimum Gasteiger partial charge on any atom is -0.495 e. The summed E-state index contributed by atoms with van der Waals surface area (Å²) in [5.74, 6) is 0.708. The number of fused-ring (bicyclic) bond motifs is 1. The number of hydrogen-bond acceptors (Lipinski definition) is 5. The third kappa shape index (κ3) is 4.02. The van der Waals surface area contributed by atoms with E-state index in [0.717, 1.165) is 24.8 Å². The van der Waals surface area contributed by atoms with E-state index in [1.165, 1.54) is 17.5 Å². The number of benzene rings is 2. The van der Waals surface area contributed by atoms with Crippen LogP contribution in [0.15, 0.2) is 41.3 Å². The summed E-state index contributed by atoms with van der Waals surface area (Å²) in [7, 11) is -2.28. The molecule has 1 saturated heterocycles. The van der Waals surface area contributed by atoms with Gasteiger partial charge in [-0.3, -0.25) is 4.79 Å². The van der Waals surface area contributed by atoms with Crippen molar-refractivity contribution >= 4 is 21.6 Å². The van der Waals surface area contributed by atoms with E-state index in [1.54, 1.807) is 18.2 Å². The molecule has 1 N–H and O–H groups in total. The highest BCUT2D eigenvalue weighted by molar-refractivity contribution is 7.89. The first-order chi connectivity index (χ1) is 14.8. The zero-order valence-corrected chi connectivity index (χ0v) is 18.9. The highest BCUT2D eigenvalue weighted by atomic mass is 32.2. The predicted octanol–water partition coefficient (Wildman–Crippen LogP) is 4.01. The first kappa shape index (κ1) is 21.6. The standard InChI is InChI=1S/C23H28N2O5S/c1-15-16(2)30-22-18(15)8-7-9-19(22)23(26)24-17-10-11-20(29-3)21(14-17)31(27,28)25-12-5-4-6-13-25/h7-11,14-16H,4-6,12-13H2,1-3H3,(H,24,26)/t15-,16+/m1/s1. The Morgan fingerprint density at radius 3 is 2.58 bits per heavy atom. The number of ether oxygens (including phenoxy) is 2. The van der Waals surface area contributed by atoms with E-state index < -0.39 is 10.0 Å². The van der Waals surface area contributed by atoms with E-state index in [-0.39, 0.29) is 28.6 Å². The summed E-state index contributed by atoms with van der Waals surface area (Å²) in [6.07, 6.45) is 2.70. The first-order valence-electron chi connectivity index (χ1n) is 10.6. The quantitative estimate of drug-likeness (QED) is 0.753. The van der Waals surface area contributed by atoms with Crippen LogP contribution in [-0.4, -0.2) is 44.9 Å². The summed E-state index contributed by atoms with van der Waals surface area (Å²) in [5.41, 5.74) is 1.83. The molecule has 2 aromatic rings. The zero-order valence-electron chi connectivity index (χ0n) is 18.1. The summed E-state index contributed by atoms with van der Waals surface area (Å²) >= 11 is 0. The predicted molar refractivity (Wildman–Crippen MR) is 119 cm³/mol. The summed E-state index contributed by atoms with van der Waals surface area (Å²) < 4.78 is 39.1. The Kier molecular flexibility index (Phi) is 5.94. The fourth-order valence-corrected chi connectivity index (χ4v) is 5.86. The van der Waals surface area contributed by atoms with E-state index in [9.17, 15) is 13.2 Å². The molecule has 8 heteroatoms. The summed E-state index contributed by atoms with van der Waals surface area (Å²) in [6.45, 7) is 5.03. The molecule has 166 valence electrons. The Hall–Kier alpha value is -2.58. The Morgan fingerprint density at radius 1 is 1.13 bits per heavy atom. The number of amides is 1. The Balaban J connectivity index is 1.64. The van der Waals surface area contributed by atoms with Crippen molar-refractivity contribution in [3.05, 3.63) is 47.5 Å². The van der Waals surface area contributed by atoms with Gasteiger partial charge in [-0.1, -0.05) is 25.5 Å². The number of hydrogen-bond donors (Lipinski definition) is 1. The molecular weight excluding hydrogens is 416 g/mol. The van der Waals surface area contributed by atoms with Crippen molar-refractivity contribution in [1.29, 1.82) is 0 Å². The molecule has 0 unspecified atom stereocenters. The van der Waals surface area contributed by atoms with E-state index in [0.29, 0.717) is 30.1 Å². The van der Waals surface area contributed by atoms with E-state index in [2.05, 4.69) is 12.2 Å². The Morgan fingerprint density at radius 2 is 1.87 bits per heavy atom. The van der Waals surface area contributed by atoms with Gasteiger partial charge >= 0.3 is 0 Å². The van der Waals surface area contributed by atoms with Gasteiger partial charge < -0.3 is 14.8 Å². The van der Waals surface area contributed by atoms with Crippen LogP contribution in [0.5, 0.6) is 11.5 Å². The summed E-state index contributed by atoms with van der Waals surface area (Å²) in [4.78, 5) is 13.1. The topological polar surface area (TPSA) is 84.9 Å². The van der Waals surface area contributed by atoms with Crippen LogP contribution >= 0.6 is 0 Å². The lowest BCUT2D eigenvalue weighted by molar-refractivity contribution is 0.102. The molecule has 2 aromatic carbocycles. The number of carbonyl (C=O) groups is 1. The number of sulfonamides is 1. The third-order valence-corrected chi connectivity index (χ3v) is 8.06. The molecule has 0 bridgehead atoms. The molecule has 2 aliphatic heterocycles. The van der Waals surface area contributed by atoms with Gasteiger partial charge in [-0.2, -0.15) is 4.31 Å². The van der Waals surface area contributed by atoms with Gasteiger partial charge in [0.25, 0.3) is 5.91 Å². The summed E-state index contributed by atoms with van der Waals surface area (Å²) in [6, 6.07) is 10.2. The van der Waals surface area contributed by atoms with Crippen molar-refractivity contribution in [3.63, 3.8) is 0 Å². The minimum atomic E-state index is -3.72. The number of nitrogens with zero attached hydrogens (tertiary/aromatic N) is 1. The average Bonchev–Trinajstić information content (AvgIpc) is 3.08. The first-order valence-corrected chi connectivity index (χ1v) is 12.1. The van der Waals surface area contributed by atoms with Gasteiger partial charge in [-0.15, -0.1) is 0 Å². The lowest BCUT2D eigenvalue weighted by Gasteiger charge is -2.26. The molecule has 1 fully saturated rings. The molecule has 0 radical (unpaired) electrons. The normalized spacial score (nSPS) is 21.3. The number of para-hydroxylation sites is 1. The number of methoxy groups -OCH3 is 1. The molecule has 4 rings (SSSR count). The van der Waals surface area contributed by atoms with Crippen LogP contribution in [0.4, 0.5) is 5.69 Å². The van der Waals surface area contributed by atoms with E-state index in [4.69, 9.17) is 9.47 Å². The number of anilines is 1. The van der Waals surface area contributed by atoms with Crippen molar-refractivity contribution in [1.82, 2.24) is 4.31 Å². The molecule has 7 nitrogen and oxygen atoms in total. The third-order valence-electron chi connectivity index (χ3n) is 6.14. The van der Waals surface area contributed by atoms with Crippen LogP contribution in [0.3, 0.4) is 0 Å². The van der Waals surface area contributed by atoms with Gasteiger partial charge in [-0.05, 0) is 44.0 Å². The highest BCUT2D eigenvalue weighted by Gasteiger charge is 2.32. The fourth-order valence-electron chi connectivity index (χ4n) is 4.16. The second-order valence-corrected chi connectivity index (χ2v) is 10.0. The Bertz CT molecular complexity index is 1090. The fraction of sp³-hybridized carbons (Fsp3) is 0.435. The van der Waals surface area contributed by atoms with Gasteiger partial charge in [0.2, 0.25) is 10.0 Å². The van der Waals surface area contributed by atoms with Crippen molar-refractivity contribution in [2.24, 2.45) is 0 Å². The van der Waals surface area contributed by atoms with Crippen LogP contribution in [0, 0.1) is 0 Å². The maximum absolute atomic E-state index is 13.2. The molecule has 0 spiro atoms. The van der Waals surface area contributed by atoms with Gasteiger partial charge in [0, 0.05) is 30.3 Å². The van der Waals surface area contributed by atoms with Crippen molar-refractivity contribution in [2.75, 3.05) is 25.5 Å². The molecule has 1 amide bonds. The number of carbonyl (C=O) groups excluding carboxylic acids is 1. The van der Waals surface area contributed by atoms with Gasteiger partial charge in [0.1, 0.15) is 22.5 Å². The smallest absolute Gasteiger partial charge is 0.259 e. The maximum atomic E-state index is 13.2. The van der Waals surface area contributed by atoms with Crippen LogP contribution in [0.2, 0.25) is 0 Å². The number of rotatable bonds is 5. The van der Waals surface area contributed by atoms with Crippen LogP contribution < -0.4 is 14.8 Å². The zero-order chi connectivity index (χ0) is 22.2. The SMILES string of the molecule is COc1ccc(NC(=O)c2cccc3c2O[C@@H](C)[C@H]3C)cc1S(=O)(=O)N1CCCCC1. The maximum Gasteiger partial charge on any atom is 0.259 e. The largest absolute Gasteiger partial charge is 0.495 e. The van der Waals surface area contributed by atoms with Gasteiger partial charge in [-0.25, -0.2) is 8.42 Å². The number of piperidine rings is 1. The minimum absolute atomic E-state index is 0.00813. The number of nitrogens with one attached hydrogen (secondary N) is 1. The van der Waals surface area contributed by atoms with Crippen molar-refractivity contribution in [2.45, 2.75) is 50.0 Å².